The number of benzene rings is 1. The molecule has 0 aliphatic heterocycles. The summed E-state index contributed by atoms with van der Waals surface area (Å²) in [6, 6.07) is 6.93. The minimum absolute atomic E-state index is 0.0330. The van der Waals surface area contributed by atoms with Crippen molar-refractivity contribution in [3.05, 3.63) is 29.5 Å². The molecular formula is C26H35ClN6O5S. The average molecular weight is 579 g/mol. The molecule has 212 valence electrons. The van der Waals surface area contributed by atoms with Crippen molar-refractivity contribution in [1.29, 1.82) is 5.26 Å². The molecule has 0 unspecified atom stereocenters. The average Bonchev–Trinajstić information content (AvgIpc) is 2.87. The van der Waals surface area contributed by atoms with E-state index in [0.29, 0.717) is 36.4 Å². The van der Waals surface area contributed by atoms with Crippen LogP contribution in [-0.2, 0) is 23.9 Å². The number of nitrogens with one attached hydrogen (secondary N) is 1. The third-order valence-corrected chi connectivity index (χ3v) is 5.57. The van der Waals surface area contributed by atoms with E-state index in [0.717, 1.165) is 0 Å². The lowest BCUT2D eigenvalue weighted by Gasteiger charge is -2.25. The number of hydrogen-bond donors (Lipinski definition) is 2. The molecule has 1 rings (SSSR count). The largest absolute Gasteiger partial charge is 0.464 e. The van der Waals surface area contributed by atoms with Gasteiger partial charge in [0.15, 0.2) is 4.99 Å². The van der Waals surface area contributed by atoms with Crippen molar-refractivity contribution in [3.8, 4) is 6.07 Å². The van der Waals surface area contributed by atoms with Crippen molar-refractivity contribution >= 4 is 63.7 Å². The van der Waals surface area contributed by atoms with Crippen LogP contribution in [0.4, 0.5) is 17.1 Å². The predicted octanol–water partition coefficient (Wildman–Crippen LogP) is 4.77. The van der Waals surface area contributed by atoms with Crippen molar-refractivity contribution in [1.82, 2.24) is 0 Å². The van der Waals surface area contributed by atoms with Gasteiger partial charge in [-0.2, -0.15) is 5.26 Å². The van der Waals surface area contributed by atoms with E-state index in [-0.39, 0.29) is 66.1 Å². The van der Waals surface area contributed by atoms with E-state index in [1.807, 2.05) is 17.9 Å². The molecule has 0 aliphatic rings. The molecule has 0 radical (unpaired) electrons. The second kappa shape index (κ2) is 17.9. The number of azo groups is 1. The van der Waals surface area contributed by atoms with Crippen LogP contribution in [0.1, 0.15) is 47.0 Å². The third-order valence-electron chi connectivity index (χ3n) is 5.10. The molecule has 1 aromatic carbocycles. The number of alkyl halides is 1. The summed E-state index contributed by atoms with van der Waals surface area (Å²) in [4.78, 5) is 37.9. The van der Waals surface area contributed by atoms with Crippen LogP contribution < -0.4 is 16.0 Å². The molecule has 1 aromatic rings. The van der Waals surface area contributed by atoms with E-state index >= 15 is 0 Å². The summed E-state index contributed by atoms with van der Waals surface area (Å²) < 4.78 is 10.5. The molecule has 0 saturated carbocycles. The zero-order chi connectivity index (χ0) is 29.4. The highest BCUT2D eigenvalue weighted by molar-refractivity contribution is 7.80. The Labute approximate surface area is 239 Å². The molecule has 0 saturated heterocycles. The number of ether oxygens (including phenoxy) is 2. The summed E-state index contributed by atoms with van der Waals surface area (Å²) >= 11 is 10.8. The number of allylic oxidation sites excluding steroid dienone is 1. The fourth-order valence-electron chi connectivity index (χ4n) is 2.97. The van der Waals surface area contributed by atoms with Crippen LogP contribution in [-0.4, -0.2) is 55.0 Å². The zero-order valence-electron chi connectivity index (χ0n) is 22.7. The lowest BCUT2D eigenvalue weighted by atomic mass is 10.1. The molecule has 0 fully saturated rings. The summed E-state index contributed by atoms with van der Waals surface area (Å²) in [6.45, 7) is 7.68. The Morgan fingerprint density at radius 1 is 1.18 bits per heavy atom. The SMILES string of the molecule is CCCC(=O)OCCN(CCOC(=O)CCCl)c1ccc(N=NC(=S)C(C#N)=C(C)N)c(NC(=O)C(C)C)c1. The molecule has 13 heteroatoms. The number of thiocarbonyl (C=S) groups is 1. The maximum absolute atomic E-state index is 12.5. The number of anilines is 2. The molecule has 0 heterocycles. The maximum atomic E-state index is 12.5. The normalized spacial score (nSPS) is 11.5. The Hall–Kier alpha value is -3.56. The number of carbonyl (C=O) groups is 3. The maximum Gasteiger partial charge on any atom is 0.307 e. The van der Waals surface area contributed by atoms with Crippen LogP contribution in [0.15, 0.2) is 39.7 Å². The topological polar surface area (TPSA) is 159 Å². The molecule has 1 amide bonds. The molecule has 39 heavy (non-hydrogen) atoms. The van der Waals surface area contributed by atoms with Crippen molar-refractivity contribution in [2.24, 2.45) is 21.9 Å². The van der Waals surface area contributed by atoms with Crippen molar-refractivity contribution in [3.63, 3.8) is 0 Å². The van der Waals surface area contributed by atoms with Crippen LogP contribution in [0.2, 0.25) is 0 Å². The minimum atomic E-state index is -0.422. The summed E-state index contributed by atoms with van der Waals surface area (Å²) in [5.41, 5.74) is 7.22. The number of nitrogens with two attached hydrogens (primary N) is 1. The highest BCUT2D eigenvalue weighted by Crippen LogP contribution is 2.31. The molecule has 11 nitrogen and oxygen atoms in total. The van der Waals surface area contributed by atoms with E-state index in [2.05, 4.69) is 15.5 Å². The molecular weight excluding hydrogens is 544 g/mol. The first kappa shape index (κ1) is 33.5. The van der Waals surface area contributed by atoms with Gasteiger partial charge in [-0.3, -0.25) is 14.4 Å². The standard InChI is InChI=1S/C26H35ClN6O5S/c1-5-6-23(34)37-13-11-33(12-14-38-24(35)9-10-27)19-7-8-21(22(15-19)30-25(36)17(2)3)31-32-26(39)20(16-28)18(4)29/h7-8,15,17H,5-6,9-14,29H2,1-4H3,(H,30,36). The minimum Gasteiger partial charge on any atom is -0.464 e. The quantitative estimate of drug-likeness (QED) is 0.0746. The van der Waals surface area contributed by atoms with Crippen molar-refractivity contribution < 1.29 is 23.9 Å². The molecule has 0 aliphatic carbocycles. The monoisotopic (exact) mass is 578 g/mol. The van der Waals surface area contributed by atoms with Gasteiger partial charge >= 0.3 is 11.9 Å². The van der Waals surface area contributed by atoms with E-state index in [9.17, 15) is 19.6 Å². The lowest BCUT2D eigenvalue weighted by molar-refractivity contribution is -0.143. The zero-order valence-corrected chi connectivity index (χ0v) is 24.2. The highest BCUT2D eigenvalue weighted by Gasteiger charge is 2.16. The van der Waals surface area contributed by atoms with E-state index in [4.69, 9.17) is 39.0 Å². The van der Waals surface area contributed by atoms with Crippen LogP contribution in [0.3, 0.4) is 0 Å². The first-order chi connectivity index (χ1) is 18.5. The van der Waals surface area contributed by atoms with Crippen molar-refractivity contribution in [2.75, 3.05) is 42.4 Å². The molecule has 0 aromatic heterocycles. The van der Waals surface area contributed by atoms with Gasteiger partial charge in [-0.25, -0.2) is 0 Å². The Morgan fingerprint density at radius 3 is 2.31 bits per heavy atom. The second-order valence-corrected chi connectivity index (χ2v) is 9.40. The smallest absolute Gasteiger partial charge is 0.307 e. The molecule has 0 bridgehead atoms. The number of amides is 1. The molecule has 0 atom stereocenters. The van der Waals surface area contributed by atoms with Gasteiger partial charge in [-0.05, 0) is 31.5 Å². The number of halogens is 1. The lowest BCUT2D eigenvalue weighted by Crippen LogP contribution is -2.32. The van der Waals surface area contributed by atoms with E-state index < -0.39 is 5.97 Å². The third kappa shape index (κ3) is 12.2. The number of carbonyl (C=O) groups excluding carboxylic acids is 3. The predicted molar refractivity (Wildman–Crippen MR) is 154 cm³/mol. The first-order valence-electron chi connectivity index (χ1n) is 12.4. The van der Waals surface area contributed by atoms with Crippen molar-refractivity contribution in [2.45, 2.75) is 47.0 Å². The van der Waals surface area contributed by atoms with Crippen LogP contribution in [0.25, 0.3) is 0 Å². The summed E-state index contributed by atoms with van der Waals surface area (Å²) in [7, 11) is 0. The highest BCUT2D eigenvalue weighted by atomic mass is 35.5. The number of nitrogens with zero attached hydrogens (tertiary/aromatic N) is 4. The van der Waals surface area contributed by atoms with E-state index in [1.54, 1.807) is 32.0 Å². The van der Waals surface area contributed by atoms with Gasteiger partial charge in [0.05, 0.1) is 25.2 Å². The van der Waals surface area contributed by atoms with Gasteiger partial charge in [0.2, 0.25) is 5.91 Å². The van der Waals surface area contributed by atoms with Gasteiger partial charge in [0.25, 0.3) is 0 Å². The second-order valence-electron chi connectivity index (χ2n) is 8.64. The Kier molecular flexibility index (Phi) is 15.3. The van der Waals surface area contributed by atoms with Gasteiger partial charge in [0, 0.05) is 29.6 Å². The Balaban J connectivity index is 3.31. The summed E-state index contributed by atoms with van der Waals surface area (Å²) in [5.74, 6) is -1.14. The molecule has 0 spiro atoms. The summed E-state index contributed by atoms with van der Waals surface area (Å²) in [6.07, 6.45) is 1.08. The summed E-state index contributed by atoms with van der Waals surface area (Å²) in [5, 5.41) is 20.2. The van der Waals surface area contributed by atoms with Gasteiger partial charge in [0.1, 0.15) is 30.5 Å². The van der Waals surface area contributed by atoms with Gasteiger partial charge < -0.3 is 25.4 Å². The van der Waals surface area contributed by atoms with Crippen LogP contribution in [0, 0.1) is 17.2 Å². The number of rotatable bonds is 15. The fraction of sp³-hybridized carbons (Fsp3) is 0.500. The number of nitriles is 1. The number of hydrogen-bond acceptors (Lipinski definition) is 10. The first-order valence-corrected chi connectivity index (χ1v) is 13.4. The van der Waals surface area contributed by atoms with Crippen LogP contribution in [0.5, 0.6) is 0 Å². The van der Waals surface area contributed by atoms with Gasteiger partial charge in [-0.1, -0.05) is 33.0 Å². The number of esters is 2. The molecule has 3 N–H and O–H groups in total. The van der Waals surface area contributed by atoms with Crippen LogP contribution >= 0.6 is 23.8 Å². The van der Waals surface area contributed by atoms with Gasteiger partial charge in [-0.15, -0.1) is 21.8 Å². The Morgan fingerprint density at radius 2 is 1.79 bits per heavy atom. The Bertz CT molecular complexity index is 1100. The fourth-order valence-corrected chi connectivity index (χ4v) is 3.38. The van der Waals surface area contributed by atoms with E-state index in [1.165, 1.54) is 6.92 Å².